The van der Waals surface area contributed by atoms with Gasteiger partial charge in [-0.3, -0.25) is 9.69 Å². The number of piperidine rings is 1. The zero-order valence-electron chi connectivity index (χ0n) is 19.3. The van der Waals surface area contributed by atoms with Gasteiger partial charge in [0, 0.05) is 24.8 Å². The van der Waals surface area contributed by atoms with Crippen LogP contribution in [0.25, 0.3) is 0 Å². The standard InChI is InChI=1S/C25H25ClFN3O4S/c1-17-6-5-9-24(28-17)30(25(31)20-7-3-4-8-21(20)26)18-12-14-29(15-13-18)35(32,33)19-10-11-23(34-2)22(27)16-19/h3-11,16,18H,12-15H2,1-2H3. The fourth-order valence-electron chi connectivity index (χ4n) is 4.18. The van der Waals surface area contributed by atoms with Crippen LogP contribution in [0.15, 0.2) is 65.6 Å². The molecule has 4 rings (SSSR count). The Morgan fingerprint density at radius 2 is 1.83 bits per heavy atom. The Hall–Kier alpha value is -3.01. The summed E-state index contributed by atoms with van der Waals surface area (Å²) in [4.78, 5) is 19.6. The third-order valence-electron chi connectivity index (χ3n) is 5.99. The predicted molar refractivity (Wildman–Crippen MR) is 132 cm³/mol. The molecule has 184 valence electrons. The number of halogens is 2. The van der Waals surface area contributed by atoms with Gasteiger partial charge in [-0.25, -0.2) is 17.8 Å². The second-order valence-corrected chi connectivity index (χ2v) is 10.6. The molecule has 2 heterocycles. The zero-order valence-corrected chi connectivity index (χ0v) is 20.9. The summed E-state index contributed by atoms with van der Waals surface area (Å²) < 4.78 is 46.6. The lowest BCUT2D eigenvalue weighted by Crippen LogP contribution is -2.49. The van der Waals surface area contributed by atoms with E-state index in [9.17, 15) is 17.6 Å². The van der Waals surface area contributed by atoms with Crippen molar-refractivity contribution in [2.45, 2.75) is 30.7 Å². The summed E-state index contributed by atoms with van der Waals surface area (Å²) in [5.74, 6) is -0.590. The van der Waals surface area contributed by atoms with Gasteiger partial charge >= 0.3 is 0 Å². The van der Waals surface area contributed by atoms with Gasteiger partial charge in [-0.05, 0) is 62.2 Å². The largest absolute Gasteiger partial charge is 0.494 e. The Morgan fingerprint density at radius 1 is 1.11 bits per heavy atom. The molecule has 0 radical (unpaired) electrons. The van der Waals surface area contributed by atoms with E-state index in [0.29, 0.717) is 29.2 Å². The van der Waals surface area contributed by atoms with Crippen LogP contribution in [0, 0.1) is 12.7 Å². The lowest BCUT2D eigenvalue weighted by Gasteiger charge is -2.37. The maximum absolute atomic E-state index is 14.1. The molecule has 7 nitrogen and oxygen atoms in total. The SMILES string of the molecule is COc1ccc(S(=O)(=O)N2CCC(N(C(=O)c3ccccc3Cl)c3cccc(C)n3)CC2)cc1F. The molecular weight excluding hydrogens is 493 g/mol. The van der Waals surface area contributed by atoms with Gasteiger partial charge in [0.2, 0.25) is 10.0 Å². The number of hydrogen-bond acceptors (Lipinski definition) is 5. The first-order valence-corrected chi connectivity index (χ1v) is 12.9. The highest BCUT2D eigenvalue weighted by atomic mass is 35.5. The van der Waals surface area contributed by atoms with Gasteiger partial charge in [0.05, 0.1) is 22.6 Å². The van der Waals surface area contributed by atoms with Crippen LogP contribution in [0.4, 0.5) is 10.2 Å². The smallest absolute Gasteiger partial charge is 0.261 e. The zero-order chi connectivity index (χ0) is 25.2. The molecular formula is C25H25ClFN3O4S. The molecule has 1 fully saturated rings. The molecule has 0 spiro atoms. The van der Waals surface area contributed by atoms with Gasteiger partial charge in [0.25, 0.3) is 5.91 Å². The van der Waals surface area contributed by atoms with E-state index in [2.05, 4.69) is 4.98 Å². The molecule has 1 amide bonds. The molecule has 10 heteroatoms. The number of benzene rings is 2. The average molecular weight is 518 g/mol. The minimum atomic E-state index is -3.91. The minimum Gasteiger partial charge on any atom is -0.494 e. The molecule has 1 saturated heterocycles. The van der Waals surface area contributed by atoms with Crippen molar-refractivity contribution >= 4 is 33.3 Å². The van der Waals surface area contributed by atoms with E-state index in [1.807, 2.05) is 19.1 Å². The first kappa shape index (κ1) is 25.1. The van der Waals surface area contributed by atoms with Crippen LogP contribution in [0.1, 0.15) is 28.9 Å². The van der Waals surface area contributed by atoms with Crippen LogP contribution in [-0.2, 0) is 10.0 Å². The summed E-state index contributed by atoms with van der Waals surface area (Å²) >= 11 is 6.31. The number of rotatable bonds is 6. The van der Waals surface area contributed by atoms with Crippen LogP contribution in [0.5, 0.6) is 5.75 Å². The van der Waals surface area contributed by atoms with Gasteiger partial charge in [-0.1, -0.05) is 29.8 Å². The van der Waals surface area contributed by atoms with E-state index in [-0.39, 0.29) is 35.7 Å². The van der Waals surface area contributed by atoms with Crippen molar-refractivity contribution < 1.29 is 22.3 Å². The fraction of sp³-hybridized carbons (Fsp3) is 0.280. The van der Waals surface area contributed by atoms with Crippen molar-refractivity contribution in [2.75, 3.05) is 25.1 Å². The van der Waals surface area contributed by atoms with E-state index in [4.69, 9.17) is 16.3 Å². The van der Waals surface area contributed by atoms with Crippen LogP contribution in [-0.4, -0.2) is 49.9 Å². The van der Waals surface area contributed by atoms with Crippen molar-refractivity contribution in [1.82, 2.24) is 9.29 Å². The Bertz CT molecular complexity index is 1340. The Labute approximate surface area is 209 Å². The molecule has 0 saturated carbocycles. The van der Waals surface area contributed by atoms with Gasteiger partial charge in [-0.15, -0.1) is 0 Å². The minimum absolute atomic E-state index is 0.0259. The summed E-state index contributed by atoms with van der Waals surface area (Å²) in [6.45, 7) is 2.17. The highest BCUT2D eigenvalue weighted by molar-refractivity contribution is 7.89. The summed E-state index contributed by atoms with van der Waals surface area (Å²) in [6.07, 6.45) is 0.757. The monoisotopic (exact) mass is 517 g/mol. The second kappa shape index (κ2) is 10.3. The summed E-state index contributed by atoms with van der Waals surface area (Å²) in [7, 11) is -2.60. The predicted octanol–water partition coefficient (Wildman–Crippen LogP) is 4.69. The summed E-state index contributed by atoms with van der Waals surface area (Å²) in [6, 6.07) is 15.5. The number of nitrogens with zero attached hydrogens (tertiary/aromatic N) is 3. The molecule has 3 aromatic rings. The molecule has 0 atom stereocenters. The third kappa shape index (κ3) is 5.17. The topological polar surface area (TPSA) is 79.8 Å². The second-order valence-electron chi connectivity index (χ2n) is 8.22. The normalized spacial score (nSPS) is 15.1. The molecule has 0 bridgehead atoms. The van der Waals surface area contributed by atoms with Crippen molar-refractivity contribution in [3.63, 3.8) is 0 Å². The molecule has 0 unspecified atom stereocenters. The van der Waals surface area contributed by atoms with Gasteiger partial charge in [-0.2, -0.15) is 4.31 Å². The van der Waals surface area contributed by atoms with Gasteiger partial charge < -0.3 is 4.74 Å². The van der Waals surface area contributed by atoms with Gasteiger partial charge in [0.1, 0.15) is 5.82 Å². The number of aromatic nitrogens is 1. The van der Waals surface area contributed by atoms with Crippen LogP contribution in [0.3, 0.4) is 0 Å². The molecule has 35 heavy (non-hydrogen) atoms. The van der Waals surface area contributed by atoms with E-state index >= 15 is 0 Å². The number of pyridine rings is 1. The molecule has 0 N–H and O–H groups in total. The Balaban J connectivity index is 1.59. The number of methoxy groups -OCH3 is 1. The van der Waals surface area contributed by atoms with Crippen molar-refractivity contribution in [3.05, 3.63) is 82.8 Å². The number of carbonyl (C=O) groups is 1. The van der Waals surface area contributed by atoms with Crippen LogP contribution < -0.4 is 9.64 Å². The van der Waals surface area contributed by atoms with E-state index < -0.39 is 15.8 Å². The van der Waals surface area contributed by atoms with Gasteiger partial charge in [0.15, 0.2) is 11.6 Å². The molecule has 0 aliphatic carbocycles. The maximum atomic E-state index is 14.1. The van der Waals surface area contributed by atoms with E-state index in [1.54, 1.807) is 35.2 Å². The molecule has 1 aliphatic rings. The number of carbonyl (C=O) groups excluding carboxylic acids is 1. The average Bonchev–Trinajstić information content (AvgIpc) is 2.85. The van der Waals surface area contributed by atoms with Crippen LogP contribution in [0.2, 0.25) is 5.02 Å². The quantitative estimate of drug-likeness (QED) is 0.474. The van der Waals surface area contributed by atoms with Crippen molar-refractivity contribution in [3.8, 4) is 5.75 Å². The first-order chi connectivity index (χ1) is 16.7. The number of hydrogen-bond donors (Lipinski definition) is 0. The van der Waals surface area contributed by atoms with E-state index in [1.165, 1.54) is 23.5 Å². The molecule has 1 aliphatic heterocycles. The Kier molecular flexibility index (Phi) is 7.39. The number of sulfonamides is 1. The highest BCUT2D eigenvalue weighted by Crippen LogP contribution is 2.30. The number of amides is 1. The summed E-state index contributed by atoms with van der Waals surface area (Å²) in [5, 5.41) is 0.330. The summed E-state index contributed by atoms with van der Waals surface area (Å²) in [5.41, 5.74) is 1.10. The lowest BCUT2D eigenvalue weighted by molar-refractivity contribution is 0.0967. The Morgan fingerprint density at radius 3 is 2.46 bits per heavy atom. The van der Waals surface area contributed by atoms with Crippen molar-refractivity contribution in [1.29, 1.82) is 0 Å². The van der Waals surface area contributed by atoms with Crippen molar-refractivity contribution in [2.24, 2.45) is 0 Å². The molecule has 1 aromatic heterocycles. The number of ether oxygens (including phenoxy) is 1. The van der Waals surface area contributed by atoms with Crippen LogP contribution >= 0.6 is 11.6 Å². The number of aryl methyl sites for hydroxylation is 1. The first-order valence-electron chi connectivity index (χ1n) is 11.1. The lowest BCUT2D eigenvalue weighted by atomic mass is 10.0. The fourth-order valence-corrected chi connectivity index (χ4v) is 5.88. The maximum Gasteiger partial charge on any atom is 0.261 e. The highest BCUT2D eigenvalue weighted by Gasteiger charge is 2.35. The molecule has 2 aromatic carbocycles. The number of anilines is 1. The third-order valence-corrected chi connectivity index (χ3v) is 8.22. The van der Waals surface area contributed by atoms with E-state index in [0.717, 1.165) is 11.8 Å².